The van der Waals surface area contributed by atoms with E-state index in [9.17, 15) is 19.7 Å². The number of hydrogen-bond donors (Lipinski definition) is 1. The monoisotopic (exact) mass is 390 g/mol. The number of nitrogens with zero attached hydrogens (tertiary/aromatic N) is 2. The molecule has 1 aromatic carbocycles. The van der Waals surface area contributed by atoms with Gasteiger partial charge < -0.3 is 9.47 Å². The van der Waals surface area contributed by atoms with Crippen LogP contribution in [0, 0.1) is 17.0 Å². The van der Waals surface area contributed by atoms with Crippen molar-refractivity contribution >= 4 is 30.3 Å². The maximum Gasteiger partial charge on any atom is 0.340 e. The van der Waals surface area contributed by atoms with E-state index in [4.69, 9.17) is 9.47 Å². The van der Waals surface area contributed by atoms with E-state index in [1.165, 1.54) is 25.3 Å². The lowest BCUT2D eigenvalue weighted by atomic mass is 9.92. The second-order valence-electron chi connectivity index (χ2n) is 5.45. The van der Waals surface area contributed by atoms with Crippen molar-refractivity contribution in [1.82, 2.24) is 4.98 Å². The average molecular weight is 390 g/mol. The number of thiol groups is 1. The molecule has 0 radical (unpaired) electrons. The van der Waals surface area contributed by atoms with E-state index >= 15 is 0 Å². The molecule has 0 saturated carbocycles. The van der Waals surface area contributed by atoms with Crippen LogP contribution in [0.1, 0.15) is 39.0 Å². The number of pyridine rings is 1. The van der Waals surface area contributed by atoms with Crippen molar-refractivity contribution in [2.24, 2.45) is 0 Å². The van der Waals surface area contributed by atoms with Crippen molar-refractivity contribution in [3.63, 3.8) is 0 Å². The molecule has 0 atom stereocenters. The molecule has 0 aliphatic rings. The van der Waals surface area contributed by atoms with Crippen molar-refractivity contribution in [2.75, 3.05) is 13.7 Å². The first kappa shape index (κ1) is 20.4. The van der Waals surface area contributed by atoms with Crippen molar-refractivity contribution in [3.05, 3.63) is 56.9 Å². The van der Waals surface area contributed by atoms with Crippen LogP contribution in [0.4, 0.5) is 5.69 Å². The zero-order valence-corrected chi connectivity index (χ0v) is 15.9. The van der Waals surface area contributed by atoms with Crippen LogP contribution in [0.25, 0.3) is 11.1 Å². The predicted octanol–water partition coefficient (Wildman–Crippen LogP) is 3.36. The van der Waals surface area contributed by atoms with Gasteiger partial charge in [0.15, 0.2) is 0 Å². The zero-order chi connectivity index (χ0) is 20.1. The third kappa shape index (κ3) is 4.08. The molecule has 0 bridgehead atoms. The smallest absolute Gasteiger partial charge is 0.340 e. The van der Waals surface area contributed by atoms with E-state index in [0.29, 0.717) is 17.0 Å². The average Bonchev–Trinajstić information content (AvgIpc) is 2.66. The Morgan fingerprint density at radius 3 is 2.52 bits per heavy atom. The Hall–Kier alpha value is -2.94. The van der Waals surface area contributed by atoms with E-state index in [1.807, 2.05) is 0 Å². The second-order valence-corrected chi connectivity index (χ2v) is 5.76. The number of hydrogen-bond acceptors (Lipinski definition) is 8. The summed E-state index contributed by atoms with van der Waals surface area (Å²) in [4.78, 5) is 39.9. The predicted molar refractivity (Wildman–Crippen MR) is 101 cm³/mol. The van der Waals surface area contributed by atoms with E-state index in [-0.39, 0.29) is 34.7 Å². The number of methoxy groups -OCH3 is 1. The number of ether oxygens (including phenoxy) is 2. The first-order valence-electron chi connectivity index (χ1n) is 8.00. The number of nitro benzene ring substituents is 1. The maximum atomic E-state index is 12.6. The van der Waals surface area contributed by atoms with Gasteiger partial charge in [-0.3, -0.25) is 15.1 Å². The Bertz CT molecular complexity index is 913. The Balaban J connectivity index is 2.95. The molecule has 27 heavy (non-hydrogen) atoms. The minimum Gasteiger partial charge on any atom is -0.465 e. The number of carbonyl (C=O) groups excluding carboxylic acids is 2. The Morgan fingerprint density at radius 1 is 1.26 bits per heavy atom. The van der Waals surface area contributed by atoms with Crippen LogP contribution in [0.3, 0.4) is 0 Å². The standard InChI is InChI=1S/C18H18N2O6S/c1-4-26-18(22)16-13(9-27)19-10(2)14(17(21)25-3)15(16)11-6-5-7-12(8-11)20(23)24/h5-8,27H,4,9H2,1-3H3. The lowest BCUT2D eigenvalue weighted by molar-refractivity contribution is -0.384. The molecule has 0 spiro atoms. The number of benzene rings is 1. The molecule has 0 fully saturated rings. The van der Waals surface area contributed by atoms with Gasteiger partial charge >= 0.3 is 11.9 Å². The molecule has 0 amide bonds. The summed E-state index contributed by atoms with van der Waals surface area (Å²) in [6.45, 7) is 3.35. The van der Waals surface area contributed by atoms with Gasteiger partial charge in [0.1, 0.15) is 0 Å². The summed E-state index contributed by atoms with van der Waals surface area (Å²) in [6, 6.07) is 5.64. The van der Waals surface area contributed by atoms with Gasteiger partial charge in [0, 0.05) is 23.4 Å². The molecule has 2 rings (SSSR count). The molecular weight excluding hydrogens is 372 g/mol. The van der Waals surface area contributed by atoms with E-state index in [0.717, 1.165) is 0 Å². The minimum absolute atomic E-state index is 0.0401. The number of rotatable bonds is 6. The van der Waals surface area contributed by atoms with E-state index in [2.05, 4.69) is 17.6 Å². The summed E-state index contributed by atoms with van der Waals surface area (Å²) in [5.41, 5.74) is 1.02. The number of nitro groups is 1. The molecule has 0 saturated heterocycles. The van der Waals surface area contributed by atoms with Gasteiger partial charge in [0.2, 0.25) is 0 Å². The maximum absolute atomic E-state index is 12.6. The number of aromatic nitrogens is 1. The number of non-ortho nitro benzene ring substituents is 1. The molecule has 2 aromatic rings. The Labute approximate surface area is 161 Å². The summed E-state index contributed by atoms with van der Waals surface area (Å²) in [5.74, 6) is -1.29. The fourth-order valence-corrected chi connectivity index (χ4v) is 2.95. The van der Waals surface area contributed by atoms with Gasteiger partial charge in [-0.15, -0.1) is 0 Å². The largest absolute Gasteiger partial charge is 0.465 e. The summed E-state index contributed by atoms with van der Waals surface area (Å²) < 4.78 is 9.96. The van der Waals surface area contributed by atoms with Crippen molar-refractivity contribution in [3.8, 4) is 11.1 Å². The molecule has 0 unspecified atom stereocenters. The summed E-state index contributed by atoms with van der Waals surface area (Å²) in [7, 11) is 1.20. The SMILES string of the molecule is CCOC(=O)c1c(CS)nc(C)c(C(=O)OC)c1-c1cccc([N+](=O)[O-])c1. The van der Waals surface area contributed by atoms with Crippen molar-refractivity contribution < 1.29 is 24.0 Å². The van der Waals surface area contributed by atoms with Crippen LogP contribution in [0.15, 0.2) is 24.3 Å². The zero-order valence-electron chi connectivity index (χ0n) is 15.0. The second kappa shape index (κ2) is 8.63. The van der Waals surface area contributed by atoms with Crippen LogP contribution < -0.4 is 0 Å². The molecule has 142 valence electrons. The van der Waals surface area contributed by atoms with Crippen LogP contribution >= 0.6 is 12.6 Å². The summed E-state index contributed by atoms with van der Waals surface area (Å²) in [6.07, 6.45) is 0. The van der Waals surface area contributed by atoms with E-state index < -0.39 is 16.9 Å². The van der Waals surface area contributed by atoms with Gasteiger partial charge in [0.25, 0.3) is 5.69 Å². The van der Waals surface area contributed by atoms with Crippen molar-refractivity contribution in [1.29, 1.82) is 0 Å². The highest BCUT2D eigenvalue weighted by Crippen LogP contribution is 2.34. The molecule has 0 aliphatic carbocycles. The molecule has 0 N–H and O–H groups in total. The fourth-order valence-electron chi connectivity index (χ4n) is 2.72. The van der Waals surface area contributed by atoms with Crippen LogP contribution in [0.2, 0.25) is 0 Å². The highest BCUT2D eigenvalue weighted by Gasteiger charge is 2.29. The van der Waals surface area contributed by atoms with Gasteiger partial charge in [-0.2, -0.15) is 12.6 Å². The van der Waals surface area contributed by atoms with Crippen LogP contribution in [0.5, 0.6) is 0 Å². The number of aryl methyl sites for hydroxylation is 1. The highest BCUT2D eigenvalue weighted by molar-refractivity contribution is 7.79. The topological polar surface area (TPSA) is 109 Å². The highest BCUT2D eigenvalue weighted by atomic mass is 32.1. The van der Waals surface area contributed by atoms with Crippen LogP contribution in [-0.2, 0) is 15.2 Å². The Kier molecular flexibility index (Phi) is 6.51. The lowest BCUT2D eigenvalue weighted by Gasteiger charge is -2.18. The first-order chi connectivity index (χ1) is 12.8. The molecule has 0 aliphatic heterocycles. The van der Waals surface area contributed by atoms with Gasteiger partial charge in [-0.1, -0.05) is 12.1 Å². The minimum atomic E-state index is -0.710. The summed E-state index contributed by atoms with van der Waals surface area (Å²) >= 11 is 4.22. The fraction of sp³-hybridized carbons (Fsp3) is 0.278. The lowest BCUT2D eigenvalue weighted by Crippen LogP contribution is -2.17. The van der Waals surface area contributed by atoms with Gasteiger partial charge in [-0.05, 0) is 19.4 Å². The van der Waals surface area contributed by atoms with Crippen LogP contribution in [-0.4, -0.2) is 35.6 Å². The molecule has 1 aromatic heterocycles. The molecule has 1 heterocycles. The number of esters is 2. The normalized spacial score (nSPS) is 10.4. The van der Waals surface area contributed by atoms with E-state index in [1.54, 1.807) is 19.9 Å². The summed E-state index contributed by atoms with van der Waals surface area (Å²) in [5, 5.41) is 11.2. The third-order valence-corrected chi connectivity index (χ3v) is 4.12. The molecular formula is C18H18N2O6S. The van der Waals surface area contributed by atoms with Gasteiger partial charge in [0.05, 0.1) is 41.2 Å². The quantitative estimate of drug-likeness (QED) is 0.349. The van der Waals surface area contributed by atoms with Gasteiger partial charge in [-0.25, -0.2) is 9.59 Å². The Morgan fingerprint density at radius 2 is 1.96 bits per heavy atom. The first-order valence-corrected chi connectivity index (χ1v) is 8.63. The number of carbonyl (C=O) groups is 2. The van der Waals surface area contributed by atoms with Crippen molar-refractivity contribution in [2.45, 2.75) is 19.6 Å². The molecule has 9 heteroatoms. The molecule has 8 nitrogen and oxygen atoms in total. The third-order valence-electron chi connectivity index (χ3n) is 3.82.